The summed E-state index contributed by atoms with van der Waals surface area (Å²) < 4.78 is 55.7. The molecule has 156 valence electrons. The number of benzene rings is 3. The van der Waals surface area contributed by atoms with Crippen LogP contribution in [0.25, 0.3) is 0 Å². The zero-order chi connectivity index (χ0) is 21.7. The lowest BCUT2D eigenvalue weighted by atomic mass is 10.1. The molecular weight excluding hydrogens is 412 g/mol. The second-order valence-electron chi connectivity index (χ2n) is 6.64. The van der Waals surface area contributed by atoms with Crippen molar-refractivity contribution >= 4 is 16.0 Å². The molecule has 0 aliphatic carbocycles. The maximum Gasteiger partial charge on any atom is 0.339 e. The van der Waals surface area contributed by atoms with E-state index in [1.807, 2.05) is 0 Å². The number of amides is 1. The van der Waals surface area contributed by atoms with Gasteiger partial charge in [0.2, 0.25) is 5.91 Å². The molecule has 0 fully saturated rings. The highest BCUT2D eigenvalue weighted by Gasteiger charge is 2.17. The van der Waals surface area contributed by atoms with Gasteiger partial charge in [0.25, 0.3) is 0 Å². The molecule has 0 N–H and O–H groups in total. The fourth-order valence-electron chi connectivity index (χ4n) is 2.74. The van der Waals surface area contributed by atoms with Gasteiger partial charge >= 0.3 is 10.1 Å². The Morgan fingerprint density at radius 3 is 1.70 bits per heavy atom. The van der Waals surface area contributed by atoms with Crippen LogP contribution in [0.5, 0.6) is 5.75 Å². The van der Waals surface area contributed by atoms with Gasteiger partial charge in [-0.1, -0.05) is 24.3 Å². The molecule has 30 heavy (non-hydrogen) atoms. The van der Waals surface area contributed by atoms with Gasteiger partial charge in [0.15, 0.2) is 0 Å². The highest BCUT2D eigenvalue weighted by molar-refractivity contribution is 7.87. The van der Waals surface area contributed by atoms with Crippen LogP contribution in [0.1, 0.15) is 18.1 Å². The van der Waals surface area contributed by atoms with Gasteiger partial charge < -0.3 is 9.08 Å². The highest BCUT2D eigenvalue weighted by atomic mass is 32.2. The van der Waals surface area contributed by atoms with Crippen LogP contribution < -0.4 is 4.18 Å². The van der Waals surface area contributed by atoms with Gasteiger partial charge in [-0.3, -0.25) is 4.79 Å². The maximum atomic E-state index is 13.1. The fraction of sp³-hybridized carbons (Fsp3) is 0.136. The number of carbonyl (C=O) groups is 1. The van der Waals surface area contributed by atoms with Crippen molar-refractivity contribution in [2.45, 2.75) is 24.9 Å². The quantitative estimate of drug-likeness (QED) is 0.524. The van der Waals surface area contributed by atoms with E-state index >= 15 is 0 Å². The van der Waals surface area contributed by atoms with Crippen LogP contribution in [-0.4, -0.2) is 19.2 Å². The van der Waals surface area contributed by atoms with Crippen molar-refractivity contribution in [3.05, 3.63) is 95.6 Å². The average molecular weight is 431 g/mol. The minimum absolute atomic E-state index is 0.0935. The number of rotatable bonds is 7. The molecule has 3 aromatic carbocycles. The van der Waals surface area contributed by atoms with Crippen molar-refractivity contribution in [1.82, 2.24) is 4.90 Å². The van der Waals surface area contributed by atoms with E-state index in [9.17, 15) is 22.0 Å². The molecule has 0 unspecified atom stereocenters. The molecule has 3 aromatic rings. The SMILES string of the molecule is CC(=O)N(Cc1ccc(F)cc1)Cc1ccc(OS(=O)(=O)c2ccc(F)cc2)cc1. The molecule has 0 bridgehead atoms. The van der Waals surface area contributed by atoms with Gasteiger partial charge in [-0.15, -0.1) is 0 Å². The topological polar surface area (TPSA) is 63.7 Å². The Bertz CT molecular complexity index is 1110. The van der Waals surface area contributed by atoms with Crippen molar-refractivity contribution < 1.29 is 26.2 Å². The molecule has 3 rings (SSSR count). The Hall–Kier alpha value is -3.26. The summed E-state index contributed by atoms with van der Waals surface area (Å²) in [6.45, 7) is 2.04. The first kappa shape index (κ1) is 21.4. The number of halogens is 2. The van der Waals surface area contributed by atoms with E-state index in [4.69, 9.17) is 4.18 Å². The van der Waals surface area contributed by atoms with Crippen LogP contribution in [0, 0.1) is 11.6 Å². The molecule has 0 aliphatic rings. The molecule has 0 spiro atoms. The van der Waals surface area contributed by atoms with Crippen LogP contribution in [-0.2, 0) is 28.0 Å². The minimum Gasteiger partial charge on any atom is -0.379 e. The molecule has 0 saturated heterocycles. The summed E-state index contributed by atoms with van der Waals surface area (Å²) in [7, 11) is -4.09. The van der Waals surface area contributed by atoms with Crippen molar-refractivity contribution in [3.8, 4) is 5.75 Å². The van der Waals surface area contributed by atoms with Crippen LogP contribution in [0.15, 0.2) is 77.7 Å². The van der Waals surface area contributed by atoms with Gasteiger partial charge in [-0.2, -0.15) is 8.42 Å². The zero-order valence-electron chi connectivity index (χ0n) is 16.1. The summed E-state index contributed by atoms with van der Waals surface area (Å²) in [5.74, 6) is -0.956. The normalized spacial score (nSPS) is 11.2. The first-order valence-corrected chi connectivity index (χ1v) is 10.4. The monoisotopic (exact) mass is 431 g/mol. The first-order chi connectivity index (χ1) is 14.2. The largest absolute Gasteiger partial charge is 0.379 e. The van der Waals surface area contributed by atoms with Gasteiger partial charge in [0, 0.05) is 20.0 Å². The van der Waals surface area contributed by atoms with Gasteiger partial charge in [-0.25, -0.2) is 8.78 Å². The van der Waals surface area contributed by atoms with Crippen molar-refractivity contribution in [1.29, 1.82) is 0 Å². The predicted molar refractivity (Wildman–Crippen MR) is 107 cm³/mol. The van der Waals surface area contributed by atoms with E-state index < -0.39 is 15.9 Å². The molecule has 0 saturated carbocycles. The van der Waals surface area contributed by atoms with E-state index in [-0.39, 0.29) is 28.9 Å². The zero-order valence-corrected chi connectivity index (χ0v) is 16.9. The average Bonchev–Trinajstić information content (AvgIpc) is 2.70. The minimum atomic E-state index is -4.09. The summed E-state index contributed by atoms with van der Waals surface area (Å²) in [6, 6.07) is 16.5. The Labute approximate surface area is 173 Å². The summed E-state index contributed by atoms with van der Waals surface area (Å²) >= 11 is 0. The number of hydrogen-bond acceptors (Lipinski definition) is 4. The Morgan fingerprint density at radius 2 is 1.23 bits per heavy atom. The maximum absolute atomic E-state index is 13.1. The van der Waals surface area contributed by atoms with Crippen LogP contribution in [0.3, 0.4) is 0 Å². The Morgan fingerprint density at radius 1 is 0.800 bits per heavy atom. The van der Waals surface area contributed by atoms with E-state index in [0.717, 1.165) is 35.4 Å². The van der Waals surface area contributed by atoms with Crippen molar-refractivity contribution in [2.24, 2.45) is 0 Å². The molecule has 8 heteroatoms. The molecular formula is C22H19F2NO4S. The van der Waals surface area contributed by atoms with E-state index in [0.29, 0.717) is 6.54 Å². The highest BCUT2D eigenvalue weighted by Crippen LogP contribution is 2.20. The third kappa shape index (κ3) is 5.64. The predicted octanol–water partition coefficient (Wildman–Crippen LogP) is 4.28. The van der Waals surface area contributed by atoms with E-state index in [2.05, 4.69) is 0 Å². The summed E-state index contributed by atoms with van der Waals surface area (Å²) in [4.78, 5) is 13.4. The lowest BCUT2D eigenvalue weighted by Gasteiger charge is -2.21. The Balaban J connectivity index is 1.68. The second-order valence-corrected chi connectivity index (χ2v) is 8.18. The third-order valence-electron chi connectivity index (χ3n) is 4.34. The fourth-order valence-corrected chi connectivity index (χ4v) is 3.67. The summed E-state index contributed by atoms with van der Waals surface area (Å²) in [6.07, 6.45) is 0. The van der Waals surface area contributed by atoms with Crippen LogP contribution in [0.2, 0.25) is 0 Å². The van der Waals surface area contributed by atoms with Crippen LogP contribution in [0.4, 0.5) is 8.78 Å². The van der Waals surface area contributed by atoms with Crippen LogP contribution >= 0.6 is 0 Å². The smallest absolute Gasteiger partial charge is 0.339 e. The van der Waals surface area contributed by atoms with Gasteiger partial charge in [0.1, 0.15) is 22.3 Å². The summed E-state index contributed by atoms with van der Waals surface area (Å²) in [5.41, 5.74) is 1.55. The lowest BCUT2D eigenvalue weighted by molar-refractivity contribution is -0.130. The number of nitrogens with zero attached hydrogens (tertiary/aromatic N) is 1. The van der Waals surface area contributed by atoms with Gasteiger partial charge in [0.05, 0.1) is 0 Å². The molecule has 0 atom stereocenters. The van der Waals surface area contributed by atoms with Crippen molar-refractivity contribution in [2.75, 3.05) is 0 Å². The Kier molecular flexibility index (Phi) is 6.47. The lowest BCUT2D eigenvalue weighted by Crippen LogP contribution is -2.27. The van der Waals surface area contributed by atoms with Crippen molar-refractivity contribution in [3.63, 3.8) is 0 Å². The number of carbonyl (C=O) groups excluding carboxylic acids is 1. The molecule has 0 aromatic heterocycles. The van der Waals surface area contributed by atoms with E-state index in [1.54, 1.807) is 29.2 Å². The van der Waals surface area contributed by atoms with Gasteiger partial charge in [-0.05, 0) is 59.7 Å². The molecule has 0 radical (unpaired) electrons. The molecule has 0 aliphatic heterocycles. The standard InChI is InChI=1S/C22H19F2NO4S/c1-16(26)25(14-17-2-6-19(23)7-3-17)15-18-4-10-21(11-5-18)29-30(27,28)22-12-8-20(24)9-13-22/h2-13H,14-15H2,1H3. The summed E-state index contributed by atoms with van der Waals surface area (Å²) in [5, 5.41) is 0. The third-order valence-corrected chi connectivity index (χ3v) is 5.60. The molecule has 5 nitrogen and oxygen atoms in total. The number of hydrogen-bond donors (Lipinski definition) is 0. The molecule has 1 amide bonds. The first-order valence-electron chi connectivity index (χ1n) is 9.02. The van der Waals surface area contributed by atoms with E-state index in [1.165, 1.54) is 31.2 Å². The molecule has 0 heterocycles. The second kappa shape index (κ2) is 9.04.